The molecule has 3 aromatic heterocycles. The number of hydrogen-bond donors (Lipinski definition) is 1. The molecule has 40 heavy (non-hydrogen) atoms. The van der Waals surface area contributed by atoms with Crippen LogP contribution in [0.5, 0.6) is 0 Å². The SMILES string of the molecule is CC(C)C(=O)N1CCC(F)(c2cc(S(=O)(=O)NC3(C)CC3)cn3c(-c4nnc(C5(C#N)CC5)s4)nc(Cl)c23)CC1. The van der Waals surface area contributed by atoms with Crippen LogP contribution in [0.1, 0.15) is 69.9 Å². The summed E-state index contributed by atoms with van der Waals surface area (Å²) in [6, 6.07) is 3.65. The molecule has 1 N–H and O–H groups in total. The lowest BCUT2D eigenvalue weighted by Gasteiger charge is -2.37. The Bertz CT molecular complexity index is 1680. The lowest BCUT2D eigenvalue weighted by molar-refractivity contribution is -0.137. The van der Waals surface area contributed by atoms with Crippen molar-refractivity contribution in [3.05, 3.63) is 28.0 Å². The van der Waals surface area contributed by atoms with Gasteiger partial charge in [-0.2, -0.15) is 5.26 Å². The summed E-state index contributed by atoms with van der Waals surface area (Å²) in [4.78, 5) is 18.5. The molecule has 2 saturated carbocycles. The highest BCUT2D eigenvalue weighted by Gasteiger charge is 2.49. The van der Waals surface area contributed by atoms with Crippen molar-refractivity contribution < 1.29 is 17.6 Å². The summed E-state index contributed by atoms with van der Waals surface area (Å²) >= 11 is 7.83. The van der Waals surface area contributed by atoms with Crippen LogP contribution in [0.2, 0.25) is 5.15 Å². The smallest absolute Gasteiger partial charge is 0.242 e. The topological polar surface area (TPSA) is 133 Å². The Morgan fingerprint density at radius 2 is 1.88 bits per heavy atom. The van der Waals surface area contributed by atoms with Gasteiger partial charge in [0, 0.05) is 49.1 Å². The van der Waals surface area contributed by atoms with Crippen LogP contribution in [0.3, 0.4) is 0 Å². The van der Waals surface area contributed by atoms with Gasteiger partial charge in [-0.3, -0.25) is 9.20 Å². The van der Waals surface area contributed by atoms with Crippen molar-refractivity contribution in [3.63, 3.8) is 0 Å². The van der Waals surface area contributed by atoms with Crippen molar-refractivity contribution in [1.82, 2.24) is 29.2 Å². The summed E-state index contributed by atoms with van der Waals surface area (Å²) in [7, 11) is -4.02. The first-order valence-electron chi connectivity index (χ1n) is 13.3. The number of sulfonamides is 1. The number of fused-ring (bicyclic) bond motifs is 1. The van der Waals surface area contributed by atoms with E-state index in [9.17, 15) is 18.5 Å². The number of rotatable bonds is 7. The zero-order valence-electron chi connectivity index (χ0n) is 22.4. The van der Waals surface area contributed by atoms with E-state index in [-0.39, 0.29) is 64.7 Å². The molecule has 0 atom stereocenters. The number of nitrogens with zero attached hydrogens (tertiary/aromatic N) is 6. The zero-order chi connectivity index (χ0) is 28.7. The molecule has 6 rings (SSSR count). The summed E-state index contributed by atoms with van der Waals surface area (Å²) in [6.45, 7) is 5.83. The maximum Gasteiger partial charge on any atom is 0.242 e. The summed E-state index contributed by atoms with van der Waals surface area (Å²) in [5, 5.41) is 19.0. The predicted octanol–water partition coefficient (Wildman–Crippen LogP) is 4.34. The number of nitrogens with one attached hydrogen (secondary N) is 1. The number of pyridine rings is 1. The third kappa shape index (κ3) is 4.58. The highest BCUT2D eigenvalue weighted by atomic mass is 35.5. The number of aromatic nitrogens is 4. The van der Waals surface area contributed by atoms with Gasteiger partial charge in [-0.05, 0) is 38.7 Å². The average Bonchev–Trinajstić information content (AvgIpc) is 3.77. The number of hydrogen-bond acceptors (Lipinski definition) is 8. The number of nitriles is 1. The molecule has 0 unspecified atom stereocenters. The summed E-state index contributed by atoms with van der Waals surface area (Å²) in [5.74, 6) is -0.0287. The third-order valence-corrected chi connectivity index (χ3v) is 11.2. The van der Waals surface area contributed by atoms with E-state index in [1.165, 1.54) is 28.0 Å². The van der Waals surface area contributed by atoms with Gasteiger partial charge in [0.15, 0.2) is 16.0 Å². The average molecular weight is 606 g/mol. The number of likely N-dealkylation sites (tertiary alicyclic amines) is 1. The molecular weight excluding hydrogens is 577 g/mol. The quantitative estimate of drug-likeness (QED) is 0.423. The molecule has 4 heterocycles. The second-order valence-corrected chi connectivity index (χ2v) is 14.8. The molecule has 10 nitrogen and oxygen atoms in total. The summed E-state index contributed by atoms with van der Waals surface area (Å²) in [6.07, 6.45) is 4.17. The van der Waals surface area contributed by atoms with E-state index in [2.05, 4.69) is 26.0 Å². The maximum atomic E-state index is 16.9. The molecule has 1 saturated heterocycles. The van der Waals surface area contributed by atoms with Crippen molar-refractivity contribution in [2.75, 3.05) is 13.1 Å². The summed E-state index contributed by atoms with van der Waals surface area (Å²) < 4.78 is 48.1. The van der Waals surface area contributed by atoms with Crippen LogP contribution < -0.4 is 4.72 Å². The Hall–Kier alpha value is -2.66. The number of carbonyl (C=O) groups is 1. The standard InChI is InChI=1S/C26H29ClFN7O3S2/c1-15(2)22(36)34-10-8-26(28,9-11-34)17-12-16(40(37,38)33-24(3)4-5-24)13-35-18(17)19(27)30-20(35)21-31-32-23(39-21)25(14-29)6-7-25/h12-13,15,33H,4-11H2,1-3H3. The fourth-order valence-corrected chi connectivity index (χ4v) is 7.97. The monoisotopic (exact) mass is 605 g/mol. The minimum atomic E-state index is -4.02. The van der Waals surface area contributed by atoms with Gasteiger partial charge >= 0.3 is 0 Å². The Morgan fingerprint density at radius 3 is 2.45 bits per heavy atom. The van der Waals surface area contributed by atoms with Crippen LogP contribution >= 0.6 is 22.9 Å². The Balaban J connectivity index is 1.48. The van der Waals surface area contributed by atoms with Gasteiger partial charge in [-0.25, -0.2) is 22.5 Å². The second-order valence-electron chi connectivity index (χ2n) is 11.8. The minimum absolute atomic E-state index is 0.00643. The predicted molar refractivity (Wildman–Crippen MR) is 147 cm³/mol. The number of carbonyl (C=O) groups excluding carboxylic acids is 1. The van der Waals surface area contributed by atoms with Gasteiger partial charge in [0.1, 0.15) is 16.1 Å². The van der Waals surface area contributed by atoms with E-state index >= 15 is 4.39 Å². The van der Waals surface area contributed by atoms with E-state index < -0.39 is 26.6 Å². The van der Waals surface area contributed by atoms with Crippen molar-refractivity contribution in [2.45, 2.75) is 80.8 Å². The van der Waals surface area contributed by atoms with Gasteiger partial charge < -0.3 is 4.90 Å². The number of imidazole rings is 1. The largest absolute Gasteiger partial charge is 0.342 e. The van der Waals surface area contributed by atoms with Gasteiger partial charge in [0.05, 0.1) is 16.5 Å². The molecule has 1 amide bonds. The molecule has 14 heteroatoms. The lowest BCUT2D eigenvalue weighted by atomic mass is 9.85. The first-order chi connectivity index (χ1) is 18.8. The van der Waals surface area contributed by atoms with Crippen LogP contribution in [0.15, 0.2) is 17.2 Å². The van der Waals surface area contributed by atoms with Gasteiger partial charge in [-0.1, -0.05) is 36.8 Å². The van der Waals surface area contributed by atoms with Crippen molar-refractivity contribution in [1.29, 1.82) is 5.26 Å². The number of amides is 1. The third-order valence-electron chi connectivity index (χ3n) is 8.19. The number of alkyl halides is 1. The Kier molecular flexibility index (Phi) is 6.31. The molecule has 0 bridgehead atoms. The fourth-order valence-electron chi connectivity index (χ4n) is 5.18. The summed E-state index contributed by atoms with van der Waals surface area (Å²) in [5.41, 5.74) is -2.78. The molecular formula is C26H29ClFN7O3S2. The molecule has 212 valence electrons. The van der Waals surface area contributed by atoms with E-state index in [4.69, 9.17) is 11.6 Å². The van der Waals surface area contributed by atoms with Gasteiger partial charge in [-0.15, -0.1) is 10.2 Å². The maximum absolute atomic E-state index is 16.9. The van der Waals surface area contributed by atoms with Crippen molar-refractivity contribution >= 4 is 44.4 Å². The molecule has 3 aromatic rings. The zero-order valence-corrected chi connectivity index (χ0v) is 24.8. The number of halogens is 2. The second kappa shape index (κ2) is 9.17. The van der Waals surface area contributed by atoms with Crippen LogP contribution in [-0.4, -0.2) is 57.4 Å². The van der Waals surface area contributed by atoms with E-state index in [0.717, 1.165) is 0 Å². The lowest BCUT2D eigenvalue weighted by Crippen LogP contribution is -2.45. The molecule has 3 aliphatic rings. The van der Waals surface area contributed by atoms with Crippen molar-refractivity contribution in [3.8, 4) is 16.9 Å². The molecule has 0 radical (unpaired) electrons. The van der Waals surface area contributed by atoms with E-state index in [1.54, 1.807) is 18.7 Å². The highest BCUT2D eigenvalue weighted by molar-refractivity contribution is 7.89. The first-order valence-corrected chi connectivity index (χ1v) is 16.0. The highest BCUT2D eigenvalue weighted by Crippen LogP contribution is 2.50. The van der Waals surface area contributed by atoms with E-state index in [1.807, 2.05) is 6.92 Å². The molecule has 2 aliphatic carbocycles. The Morgan fingerprint density at radius 1 is 1.20 bits per heavy atom. The molecule has 0 spiro atoms. The fraction of sp³-hybridized carbons (Fsp3) is 0.577. The van der Waals surface area contributed by atoms with Gasteiger partial charge in [0.25, 0.3) is 0 Å². The number of piperidine rings is 1. The van der Waals surface area contributed by atoms with Crippen LogP contribution in [0.4, 0.5) is 4.39 Å². The van der Waals surface area contributed by atoms with Crippen LogP contribution in [-0.2, 0) is 25.9 Å². The molecule has 0 aromatic carbocycles. The first kappa shape index (κ1) is 27.5. The van der Waals surface area contributed by atoms with E-state index in [0.29, 0.717) is 35.7 Å². The van der Waals surface area contributed by atoms with Crippen LogP contribution in [0.25, 0.3) is 16.3 Å². The van der Waals surface area contributed by atoms with Crippen molar-refractivity contribution in [2.24, 2.45) is 5.92 Å². The molecule has 1 aliphatic heterocycles. The van der Waals surface area contributed by atoms with Crippen LogP contribution in [0, 0.1) is 17.2 Å². The van der Waals surface area contributed by atoms with Gasteiger partial charge in [0.2, 0.25) is 15.9 Å². The Labute approximate surface area is 240 Å². The normalized spacial score (nSPS) is 21.0. The molecule has 3 fully saturated rings. The minimum Gasteiger partial charge on any atom is -0.342 e.